The number of hydrogen-bond donors (Lipinski definition) is 3. The Morgan fingerprint density at radius 2 is 1.66 bits per heavy atom. The van der Waals surface area contributed by atoms with Gasteiger partial charge in [-0.25, -0.2) is 13.2 Å². The zero-order valence-electron chi connectivity index (χ0n) is 22.8. The van der Waals surface area contributed by atoms with Gasteiger partial charge in [-0.05, 0) is 60.6 Å². The zero-order valence-corrected chi connectivity index (χ0v) is 24.4. The van der Waals surface area contributed by atoms with E-state index in [1.165, 1.54) is 45.5 Å². The monoisotopic (exact) mass is 595 g/mol. The lowest BCUT2D eigenvalue weighted by Gasteiger charge is -2.29. The van der Waals surface area contributed by atoms with Crippen molar-refractivity contribution in [3.8, 4) is 0 Å². The maximum absolute atomic E-state index is 13.2. The van der Waals surface area contributed by atoms with Crippen LogP contribution in [-0.4, -0.2) is 55.1 Å². The molecule has 1 fully saturated rings. The first kappa shape index (κ1) is 28.9. The second-order valence-corrected chi connectivity index (χ2v) is 13.6. The second kappa shape index (κ2) is 12.1. The number of sulfonamides is 1. The van der Waals surface area contributed by atoms with Gasteiger partial charge < -0.3 is 11.1 Å². The number of amides is 4. The third-order valence-electron chi connectivity index (χ3n) is 7.57. The Kier molecular flexibility index (Phi) is 8.55. The van der Waals surface area contributed by atoms with Crippen LogP contribution in [0.3, 0.4) is 0 Å². The Morgan fingerprint density at radius 1 is 0.976 bits per heavy atom. The van der Waals surface area contributed by atoms with Crippen LogP contribution in [0.25, 0.3) is 0 Å². The van der Waals surface area contributed by atoms with E-state index in [4.69, 9.17) is 5.73 Å². The van der Waals surface area contributed by atoms with E-state index in [2.05, 4.69) is 34.6 Å². The van der Waals surface area contributed by atoms with Gasteiger partial charge in [0, 0.05) is 43.2 Å². The van der Waals surface area contributed by atoms with E-state index in [0.717, 1.165) is 29.8 Å². The lowest BCUT2D eigenvalue weighted by molar-refractivity contribution is 0.0965. The Balaban J connectivity index is 1.35. The molecule has 0 atom stereocenters. The van der Waals surface area contributed by atoms with Gasteiger partial charge in [-0.2, -0.15) is 4.31 Å². The SMILES string of the molecule is CC1CCN(S(=O)(=O)c2ccc(C(=O)Nc3sc4c(c3C(=O)NC(N)=O)CCN(Cc3ccccc3)C4)cc2)CC1. The predicted octanol–water partition coefficient (Wildman–Crippen LogP) is 3.79. The zero-order chi connectivity index (χ0) is 29.1. The Hall–Kier alpha value is -3.58. The molecule has 1 saturated heterocycles. The van der Waals surface area contributed by atoms with Crippen LogP contribution in [0.5, 0.6) is 0 Å². The Labute approximate surface area is 243 Å². The van der Waals surface area contributed by atoms with Crippen LogP contribution in [0.15, 0.2) is 59.5 Å². The predicted molar refractivity (Wildman–Crippen MR) is 157 cm³/mol. The summed E-state index contributed by atoms with van der Waals surface area (Å²) >= 11 is 1.29. The topological polar surface area (TPSA) is 142 Å². The lowest BCUT2D eigenvalue weighted by Crippen LogP contribution is -2.37. The quantitative estimate of drug-likeness (QED) is 0.380. The number of thiophene rings is 1. The highest BCUT2D eigenvalue weighted by Gasteiger charge is 2.31. The van der Waals surface area contributed by atoms with Gasteiger partial charge >= 0.3 is 6.03 Å². The molecule has 0 unspecified atom stereocenters. The van der Waals surface area contributed by atoms with Crippen molar-refractivity contribution in [1.82, 2.24) is 14.5 Å². The van der Waals surface area contributed by atoms with Crippen LogP contribution in [0.4, 0.5) is 9.80 Å². The summed E-state index contributed by atoms with van der Waals surface area (Å²) in [5.41, 5.74) is 7.65. The third-order valence-corrected chi connectivity index (χ3v) is 10.6. The minimum absolute atomic E-state index is 0.134. The molecule has 1 aromatic heterocycles. The van der Waals surface area contributed by atoms with Crippen molar-refractivity contribution in [2.75, 3.05) is 25.0 Å². The molecule has 2 aromatic carbocycles. The van der Waals surface area contributed by atoms with Gasteiger partial charge in [0.05, 0.1) is 10.5 Å². The van der Waals surface area contributed by atoms with E-state index >= 15 is 0 Å². The molecule has 4 N–H and O–H groups in total. The van der Waals surface area contributed by atoms with Crippen molar-refractivity contribution in [3.63, 3.8) is 0 Å². The van der Waals surface area contributed by atoms with E-state index in [1.54, 1.807) is 0 Å². The van der Waals surface area contributed by atoms with Gasteiger partial charge in [0.2, 0.25) is 10.0 Å². The number of primary amides is 1. The number of piperidine rings is 1. The first-order valence-corrected chi connectivity index (χ1v) is 15.8. The molecule has 2 aliphatic rings. The Morgan fingerprint density at radius 3 is 2.32 bits per heavy atom. The molecule has 12 heteroatoms. The van der Waals surface area contributed by atoms with Crippen LogP contribution < -0.4 is 16.4 Å². The Bertz CT molecular complexity index is 1550. The average molecular weight is 596 g/mol. The number of imide groups is 1. The average Bonchev–Trinajstić information content (AvgIpc) is 3.30. The molecule has 3 aromatic rings. The molecule has 2 aliphatic heterocycles. The molecule has 0 saturated carbocycles. The van der Waals surface area contributed by atoms with Gasteiger partial charge in [0.25, 0.3) is 11.8 Å². The van der Waals surface area contributed by atoms with Crippen LogP contribution in [0.1, 0.15) is 56.5 Å². The van der Waals surface area contributed by atoms with Gasteiger partial charge in [-0.1, -0.05) is 37.3 Å². The lowest BCUT2D eigenvalue weighted by atomic mass is 10.0. The first-order chi connectivity index (χ1) is 19.6. The van der Waals surface area contributed by atoms with Crippen molar-refractivity contribution < 1.29 is 22.8 Å². The van der Waals surface area contributed by atoms with Crippen molar-refractivity contribution in [2.45, 2.75) is 44.2 Å². The number of hydrogen-bond acceptors (Lipinski definition) is 7. The van der Waals surface area contributed by atoms with Crippen LogP contribution in [-0.2, 0) is 29.5 Å². The van der Waals surface area contributed by atoms with Crippen molar-refractivity contribution in [3.05, 3.63) is 81.7 Å². The minimum Gasteiger partial charge on any atom is -0.351 e. The standard InChI is InChI=1S/C29H33N5O5S2/c1-19-11-15-34(16-12-19)41(38,39)22-9-7-21(8-10-22)26(35)31-28-25(27(36)32-29(30)37)23-13-14-33(18-24(23)40-28)17-20-5-3-2-4-6-20/h2-10,19H,11-18H2,1H3,(H,31,35)(H3,30,32,36,37). The van der Waals surface area contributed by atoms with Crippen molar-refractivity contribution in [1.29, 1.82) is 0 Å². The maximum Gasteiger partial charge on any atom is 0.319 e. The van der Waals surface area contributed by atoms with E-state index in [-0.39, 0.29) is 16.0 Å². The minimum atomic E-state index is -3.64. The molecule has 0 bridgehead atoms. The molecule has 41 heavy (non-hydrogen) atoms. The molecular formula is C29H33N5O5S2. The number of fused-ring (bicyclic) bond motifs is 1. The molecule has 3 heterocycles. The normalized spacial score (nSPS) is 16.6. The molecule has 216 valence electrons. The van der Waals surface area contributed by atoms with Crippen molar-refractivity contribution in [2.24, 2.45) is 11.7 Å². The number of urea groups is 1. The number of nitrogens with two attached hydrogens (primary N) is 1. The van der Waals surface area contributed by atoms with E-state index in [9.17, 15) is 22.8 Å². The van der Waals surface area contributed by atoms with Gasteiger partial charge in [-0.3, -0.25) is 19.8 Å². The number of benzene rings is 2. The highest BCUT2D eigenvalue weighted by molar-refractivity contribution is 7.89. The highest BCUT2D eigenvalue weighted by atomic mass is 32.2. The first-order valence-electron chi connectivity index (χ1n) is 13.5. The molecule has 0 radical (unpaired) electrons. The van der Waals surface area contributed by atoms with E-state index < -0.39 is 27.9 Å². The largest absolute Gasteiger partial charge is 0.351 e. The number of carbonyl (C=O) groups excluding carboxylic acids is 3. The number of nitrogens with one attached hydrogen (secondary N) is 2. The summed E-state index contributed by atoms with van der Waals surface area (Å²) in [5, 5.41) is 5.26. The number of rotatable bonds is 7. The van der Waals surface area contributed by atoms with Crippen molar-refractivity contribution >= 4 is 44.2 Å². The van der Waals surface area contributed by atoms with E-state index in [1.807, 2.05) is 18.2 Å². The molecule has 5 rings (SSSR count). The summed E-state index contributed by atoms with van der Waals surface area (Å²) < 4.78 is 27.6. The number of carbonyl (C=O) groups is 3. The highest BCUT2D eigenvalue weighted by Crippen LogP contribution is 2.38. The summed E-state index contributed by atoms with van der Waals surface area (Å²) in [5.74, 6) is -0.662. The molecular weight excluding hydrogens is 562 g/mol. The van der Waals surface area contributed by atoms with Gasteiger partial charge in [0.15, 0.2) is 0 Å². The second-order valence-electron chi connectivity index (χ2n) is 10.5. The summed E-state index contributed by atoms with van der Waals surface area (Å²) in [6, 6.07) is 14.9. The number of nitrogens with zero attached hydrogens (tertiary/aromatic N) is 2. The summed E-state index contributed by atoms with van der Waals surface area (Å²) in [6.07, 6.45) is 2.21. The summed E-state index contributed by atoms with van der Waals surface area (Å²) in [6.45, 7) is 5.11. The fraction of sp³-hybridized carbons (Fsp3) is 0.345. The third kappa shape index (κ3) is 6.51. The van der Waals surface area contributed by atoms with E-state index in [0.29, 0.717) is 43.5 Å². The fourth-order valence-electron chi connectivity index (χ4n) is 5.26. The molecule has 10 nitrogen and oxygen atoms in total. The molecule has 0 spiro atoms. The van der Waals surface area contributed by atoms with Crippen LogP contribution in [0.2, 0.25) is 0 Å². The summed E-state index contributed by atoms with van der Waals surface area (Å²) in [4.78, 5) is 41.0. The summed E-state index contributed by atoms with van der Waals surface area (Å²) in [7, 11) is -3.64. The molecule has 0 aliphatic carbocycles. The maximum atomic E-state index is 13.2. The van der Waals surface area contributed by atoms with Crippen LogP contribution >= 0.6 is 11.3 Å². The van der Waals surface area contributed by atoms with Gasteiger partial charge in [-0.15, -0.1) is 11.3 Å². The molecule has 4 amide bonds. The van der Waals surface area contributed by atoms with Gasteiger partial charge in [0.1, 0.15) is 5.00 Å². The fourth-order valence-corrected chi connectivity index (χ4v) is 8.02. The number of anilines is 1. The smallest absolute Gasteiger partial charge is 0.319 e. The van der Waals surface area contributed by atoms with Crippen LogP contribution in [0, 0.1) is 5.92 Å².